The van der Waals surface area contributed by atoms with Gasteiger partial charge in [0.15, 0.2) is 0 Å². The lowest BCUT2D eigenvalue weighted by atomic mass is 9.88. The molecule has 1 N–H and O–H groups in total. The molecule has 0 aromatic carbocycles. The topological polar surface area (TPSA) is 12.0 Å². The third-order valence-corrected chi connectivity index (χ3v) is 3.57. The zero-order valence-electron chi connectivity index (χ0n) is 8.57. The first kappa shape index (κ1) is 10.3. The fourth-order valence-corrected chi connectivity index (χ4v) is 2.84. The predicted octanol–water partition coefficient (Wildman–Crippen LogP) is 2.81. The van der Waals surface area contributed by atoms with Crippen molar-refractivity contribution in [2.45, 2.75) is 44.4 Å². The number of rotatable bonds is 2. The van der Waals surface area contributed by atoms with Crippen LogP contribution in [-0.4, -0.2) is 19.0 Å². The van der Waals surface area contributed by atoms with Crippen molar-refractivity contribution in [3.8, 4) is 0 Å². The van der Waals surface area contributed by atoms with Crippen molar-refractivity contribution in [3.63, 3.8) is 0 Å². The quantitative estimate of drug-likeness (QED) is 0.727. The average Bonchev–Trinajstić information content (AvgIpc) is 2.47. The molecular weight excluding hydrogens is 184 g/mol. The van der Waals surface area contributed by atoms with Gasteiger partial charge < -0.3 is 5.32 Å². The summed E-state index contributed by atoms with van der Waals surface area (Å²) < 4.78 is 25.9. The van der Waals surface area contributed by atoms with Gasteiger partial charge in [0.25, 0.3) is 0 Å². The van der Waals surface area contributed by atoms with Gasteiger partial charge in [-0.05, 0) is 50.6 Å². The highest BCUT2D eigenvalue weighted by atomic mass is 19.3. The van der Waals surface area contributed by atoms with Gasteiger partial charge in [0, 0.05) is 12.8 Å². The molecule has 2 unspecified atom stereocenters. The van der Waals surface area contributed by atoms with Crippen molar-refractivity contribution in [1.29, 1.82) is 0 Å². The number of hydrogen-bond acceptors (Lipinski definition) is 1. The Morgan fingerprint density at radius 2 is 2.07 bits per heavy atom. The Morgan fingerprint density at radius 1 is 1.21 bits per heavy atom. The Kier molecular flexibility index (Phi) is 3.05. The highest BCUT2D eigenvalue weighted by Crippen LogP contribution is 2.42. The van der Waals surface area contributed by atoms with E-state index in [2.05, 4.69) is 5.32 Å². The van der Waals surface area contributed by atoms with E-state index >= 15 is 0 Å². The molecule has 1 aliphatic carbocycles. The van der Waals surface area contributed by atoms with Crippen LogP contribution in [0.2, 0.25) is 0 Å². The molecule has 0 aromatic heterocycles. The third kappa shape index (κ3) is 2.66. The molecule has 3 heteroatoms. The Bertz CT molecular complexity index is 188. The molecule has 1 aliphatic heterocycles. The molecule has 14 heavy (non-hydrogen) atoms. The fourth-order valence-electron chi connectivity index (χ4n) is 2.84. The summed E-state index contributed by atoms with van der Waals surface area (Å²) in [5, 5.41) is 3.34. The molecule has 2 rings (SSSR count). The first-order valence-electron chi connectivity index (χ1n) is 5.74. The van der Waals surface area contributed by atoms with Gasteiger partial charge in [-0.25, -0.2) is 8.78 Å². The highest BCUT2D eigenvalue weighted by Gasteiger charge is 2.39. The minimum atomic E-state index is -2.35. The van der Waals surface area contributed by atoms with Gasteiger partial charge in [-0.3, -0.25) is 0 Å². The normalized spacial score (nSPS) is 37.3. The second-order valence-electron chi connectivity index (χ2n) is 4.91. The minimum Gasteiger partial charge on any atom is -0.316 e. The number of alkyl halides is 2. The molecule has 82 valence electrons. The Labute approximate surface area is 84.3 Å². The summed E-state index contributed by atoms with van der Waals surface area (Å²) in [4.78, 5) is 0. The second kappa shape index (κ2) is 4.13. The molecule has 0 spiro atoms. The molecule has 1 heterocycles. The summed E-state index contributed by atoms with van der Waals surface area (Å²) in [6.07, 6.45) is 4.47. The van der Waals surface area contributed by atoms with Gasteiger partial charge in [0.1, 0.15) is 0 Å². The van der Waals surface area contributed by atoms with Crippen molar-refractivity contribution >= 4 is 0 Å². The van der Waals surface area contributed by atoms with Crippen LogP contribution in [0, 0.1) is 11.8 Å². The minimum absolute atomic E-state index is 0.123. The van der Waals surface area contributed by atoms with Gasteiger partial charge in [-0.2, -0.15) is 0 Å². The maximum Gasteiger partial charge on any atom is 0.248 e. The van der Waals surface area contributed by atoms with E-state index in [1.807, 2.05) is 0 Å². The summed E-state index contributed by atoms with van der Waals surface area (Å²) in [7, 11) is 0. The van der Waals surface area contributed by atoms with Gasteiger partial charge in [-0.1, -0.05) is 0 Å². The van der Waals surface area contributed by atoms with Crippen molar-refractivity contribution < 1.29 is 8.78 Å². The Balaban J connectivity index is 1.75. The van der Waals surface area contributed by atoms with Crippen LogP contribution < -0.4 is 5.32 Å². The summed E-state index contributed by atoms with van der Waals surface area (Å²) >= 11 is 0. The number of piperidine rings is 1. The van der Waals surface area contributed by atoms with Crippen LogP contribution in [0.25, 0.3) is 0 Å². The van der Waals surface area contributed by atoms with Gasteiger partial charge in [-0.15, -0.1) is 0 Å². The lowest BCUT2D eigenvalue weighted by molar-refractivity contribution is 0.00389. The molecule has 2 fully saturated rings. The van der Waals surface area contributed by atoms with Gasteiger partial charge >= 0.3 is 0 Å². The lowest BCUT2D eigenvalue weighted by Gasteiger charge is -2.25. The molecule has 1 nitrogen and oxygen atoms in total. The number of hydrogen-bond donors (Lipinski definition) is 1. The molecule has 0 aromatic rings. The fraction of sp³-hybridized carbons (Fsp3) is 1.00. The first-order chi connectivity index (χ1) is 6.66. The third-order valence-electron chi connectivity index (χ3n) is 3.57. The molecule has 1 saturated heterocycles. The second-order valence-corrected chi connectivity index (χ2v) is 4.91. The SMILES string of the molecule is FC1(F)CCC(CC2CCCNC2)C1. The van der Waals surface area contributed by atoms with Gasteiger partial charge in [0.05, 0.1) is 0 Å². The van der Waals surface area contributed by atoms with E-state index in [0.29, 0.717) is 5.92 Å². The van der Waals surface area contributed by atoms with Crippen LogP contribution >= 0.6 is 0 Å². The zero-order chi connectivity index (χ0) is 10.0. The van der Waals surface area contributed by atoms with E-state index < -0.39 is 5.92 Å². The molecule has 2 atom stereocenters. The van der Waals surface area contributed by atoms with Crippen molar-refractivity contribution in [1.82, 2.24) is 5.32 Å². The number of halogens is 2. The van der Waals surface area contributed by atoms with E-state index in [9.17, 15) is 8.78 Å². The van der Waals surface area contributed by atoms with E-state index in [1.54, 1.807) is 0 Å². The zero-order valence-corrected chi connectivity index (χ0v) is 8.57. The van der Waals surface area contributed by atoms with Crippen LogP contribution in [-0.2, 0) is 0 Å². The maximum atomic E-state index is 12.9. The first-order valence-corrected chi connectivity index (χ1v) is 5.74. The Hall–Kier alpha value is -0.180. The van der Waals surface area contributed by atoms with Crippen LogP contribution in [0.5, 0.6) is 0 Å². The van der Waals surface area contributed by atoms with E-state index in [1.165, 1.54) is 12.8 Å². The Morgan fingerprint density at radius 3 is 2.64 bits per heavy atom. The maximum absolute atomic E-state index is 12.9. The predicted molar refractivity (Wildman–Crippen MR) is 52.5 cm³/mol. The van der Waals surface area contributed by atoms with Crippen LogP contribution in [0.4, 0.5) is 8.78 Å². The molecule has 2 aliphatic rings. The van der Waals surface area contributed by atoms with E-state index in [4.69, 9.17) is 0 Å². The van der Waals surface area contributed by atoms with Gasteiger partial charge in [0.2, 0.25) is 5.92 Å². The van der Waals surface area contributed by atoms with Crippen LogP contribution in [0.3, 0.4) is 0 Å². The average molecular weight is 203 g/mol. The van der Waals surface area contributed by atoms with Crippen molar-refractivity contribution in [2.75, 3.05) is 13.1 Å². The summed E-state index contributed by atoms with van der Waals surface area (Å²) in [6, 6.07) is 0. The smallest absolute Gasteiger partial charge is 0.248 e. The van der Waals surface area contributed by atoms with E-state index in [-0.39, 0.29) is 18.8 Å². The molecule has 0 amide bonds. The molecular formula is C11H19F2N. The molecule has 0 radical (unpaired) electrons. The standard InChI is InChI=1S/C11H19F2N/c12-11(13)4-3-9(7-11)6-10-2-1-5-14-8-10/h9-10,14H,1-8H2. The summed E-state index contributed by atoms with van der Waals surface area (Å²) in [5.41, 5.74) is 0. The van der Waals surface area contributed by atoms with Crippen LogP contribution in [0.1, 0.15) is 38.5 Å². The van der Waals surface area contributed by atoms with Crippen molar-refractivity contribution in [3.05, 3.63) is 0 Å². The summed E-state index contributed by atoms with van der Waals surface area (Å²) in [6.45, 7) is 2.15. The van der Waals surface area contributed by atoms with Crippen molar-refractivity contribution in [2.24, 2.45) is 11.8 Å². The van der Waals surface area contributed by atoms with Crippen LogP contribution in [0.15, 0.2) is 0 Å². The monoisotopic (exact) mass is 203 g/mol. The largest absolute Gasteiger partial charge is 0.316 e. The lowest BCUT2D eigenvalue weighted by Crippen LogP contribution is -2.30. The molecule has 0 bridgehead atoms. The molecule has 1 saturated carbocycles. The summed E-state index contributed by atoms with van der Waals surface area (Å²) in [5.74, 6) is -1.41. The number of nitrogens with one attached hydrogen (secondary N) is 1. The highest BCUT2D eigenvalue weighted by molar-refractivity contribution is 4.83. The van der Waals surface area contributed by atoms with E-state index in [0.717, 1.165) is 25.9 Å².